The molecule has 0 bridgehead atoms. The number of ether oxygens (including phenoxy) is 2. The number of nitrogens with zero attached hydrogens (tertiary/aromatic N) is 1. The van der Waals surface area contributed by atoms with Gasteiger partial charge in [0.1, 0.15) is 11.5 Å². The largest absolute Gasteiger partial charge is 0.497 e. The van der Waals surface area contributed by atoms with Gasteiger partial charge < -0.3 is 19.7 Å². The van der Waals surface area contributed by atoms with Gasteiger partial charge in [0.15, 0.2) is 6.61 Å². The second-order valence-electron chi connectivity index (χ2n) is 7.18. The van der Waals surface area contributed by atoms with Gasteiger partial charge in [-0.05, 0) is 47.9 Å². The highest BCUT2D eigenvalue weighted by Crippen LogP contribution is 2.24. The number of nitrogens with one attached hydrogen (secondary N) is 1. The maximum atomic E-state index is 12.3. The molecule has 1 aliphatic heterocycles. The van der Waals surface area contributed by atoms with Gasteiger partial charge in [0.25, 0.3) is 5.91 Å². The van der Waals surface area contributed by atoms with Crippen LogP contribution in [0.3, 0.4) is 0 Å². The van der Waals surface area contributed by atoms with Crippen LogP contribution in [0.25, 0.3) is 0 Å². The van der Waals surface area contributed by atoms with Crippen LogP contribution < -0.4 is 19.7 Å². The Bertz CT molecular complexity index is 815. The van der Waals surface area contributed by atoms with Crippen LogP contribution in [-0.4, -0.2) is 38.1 Å². The summed E-state index contributed by atoms with van der Waals surface area (Å²) in [7, 11) is 1.60. The summed E-state index contributed by atoms with van der Waals surface area (Å²) < 4.78 is 10.7. The third-order valence-electron chi connectivity index (χ3n) is 4.79. The number of benzene rings is 2. The van der Waals surface area contributed by atoms with Crippen molar-refractivity contribution in [3.8, 4) is 11.5 Å². The van der Waals surface area contributed by atoms with Gasteiger partial charge in [0.2, 0.25) is 5.91 Å². The van der Waals surface area contributed by atoms with Crippen molar-refractivity contribution in [3.05, 3.63) is 54.1 Å². The van der Waals surface area contributed by atoms with Crippen molar-refractivity contribution in [2.24, 2.45) is 0 Å². The lowest BCUT2D eigenvalue weighted by atomic mass is 10.0. The zero-order valence-corrected chi connectivity index (χ0v) is 16.5. The lowest BCUT2D eigenvalue weighted by molar-refractivity contribution is -0.123. The topological polar surface area (TPSA) is 67.9 Å². The molecule has 148 valence electrons. The van der Waals surface area contributed by atoms with Crippen molar-refractivity contribution in [2.45, 2.75) is 32.2 Å². The molecule has 0 radical (unpaired) electrons. The number of carbonyl (C=O) groups excluding carboxylic acids is 2. The van der Waals surface area contributed by atoms with Crippen molar-refractivity contribution >= 4 is 17.5 Å². The second-order valence-corrected chi connectivity index (χ2v) is 7.18. The minimum Gasteiger partial charge on any atom is -0.497 e. The van der Waals surface area contributed by atoms with Crippen LogP contribution in [0.2, 0.25) is 0 Å². The van der Waals surface area contributed by atoms with Gasteiger partial charge in [-0.15, -0.1) is 0 Å². The fourth-order valence-electron chi connectivity index (χ4n) is 3.18. The predicted molar refractivity (Wildman–Crippen MR) is 108 cm³/mol. The molecule has 2 aromatic carbocycles. The summed E-state index contributed by atoms with van der Waals surface area (Å²) in [6.45, 7) is 4.62. The van der Waals surface area contributed by atoms with E-state index in [4.69, 9.17) is 9.47 Å². The van der Waals surface area contributed by atoms with Gasteiger partial charge in [0.05, 0.1) is 13.2 Å². The van der Waals surface area contributed by atoms with Crippen LogP contribution in [0.5, 0.6) is 11.5 Å². The standard InChI is InChI=1S/C22H26N2O4/c1-15(2)16-4-8-20(9-5-16)28-14-21(25)23-17-12-22(26)24(13-17)18-6-10-19(27-3)11-7-18/h4-11,15,17H,12-14H2,1-3H3,(H,23,25)/t17-/m1/s1. The fraction of sp³-hybridized carbons (Fsp3) is 0.364. The van der Waals surface area contributed by atoms with Crippen LogP contribution in [0.15, 0.2) is 48.5 Å². The van der Waals surface area contributed by atoms with Gasteiger partial charge >= 0.3 is 0 Å². The van der Waals surface area contributed by atoms with E-state index in [1.54, 1.807) is 12.0 Å². The Kier molecular flexibility index (Phi) is 6.19. The molecule has 1 N–H and O–H groups in total. The number of rotatable bonds is 7. The predicted octanol–water partition coefficient (Wildman–Crippen LogP) is 3.12. The summed E-state index contributed by atoms with van der Waals surface area (Å²) in [4.78, 5) is 26.2. The van der Waals surface area contributed by atoms with Crippen molar-refractivity contribution in [2.75, 3.05) is 25.2 Å². The lowest BCUT2D eigenvalue weighted by Crippen LogP contribution is -2.39. The molecule has 6 heteroatoms. The minimum absolute atomic E-state index is 0.0133. The van der Waals surface area contributed by atoms with E-state index in [-0.39, 0.29) is 30.9 Å². The van der Waals surface area contributed by atoms with E-state index < -0.39 is 0 Å². The highest BCUT2D eigenvalue weighted by Gasteiger charge is 2.31. The Morgan fingerprint density at radius 3 is 2.36 bits per heavy atom. The summed E-state index contributed by atoms with van der Waals surface area (Å²) in [6.07, 6.45) is 0.279. The Morgan fingerprint density at radius 2 is 1.75 bits per heavy atom. The maximum absolute atomic E-state index is 12.3. The molecule has 0 aliphatic carbocycles. The van der Waals surface area contributed by atoms with Gasteiger partial charge in [0, 0.05) is 18.7 Å². The summed E-state index contributed by atoms with van der Waals surface area (Å²) in [5.74, 6) is 1.59. The van der Waals surface area contributed by atoms with E-state index in [0.29, 0.717) is 18.2 Å². The smallest absolute Gasteiger partial charge is 0.258 e. The number of methoxy groups -OCH3 is 1. The zero-order chi connectivity index (χ0) is 20.1. The first-order valence-corrected chi connectivity index (χ1v) is 9.43. The van der Waals surface area contributed by atoms with E-state index in [2.05, 4.69) is 19.2 Å². The first-order valence-electron chi connectivity index (χ1n) is 9.43. The highest BCUT2D eigenvalue weighted by atomic mass is 16.5. The monoisotopic (exact) mass is 382 g/mol. The van der Waals surface area contributed by atoms with E-state index in [1.807, 2.05) is 48.5 Å². The number of hydrogen-bond acceptors (Lipinski definition) is 4. The van der Waals surface area contributed by atoms with Crippen molar-refractivity contribution in [1.29, 1.82) is 0 Å². The summed E-state index contributed by atoms with van der Waals surface area (Å²) >= 11 is 0. The molecule has 1 saturated heterocycles. The first-order chi connectivity index (χ1) is 13.5. The Balaban J connectivity index is 1.49. The number of hydrogen-bond donors (Lipinski definition) is 1. The van der Waals surface area contributed by atoms with Gasteiger partial charge in [-0.1, -0.05) is 26.0 Å². The molecular weight excluding hydrogens is 356 g/mol. The molecule has 1 atom stereocenters. The SMILES string of the molecule is COc1ccc(N2C[C@H](NC(=O)COc3ccc(C(C)C)cc3)CC2=O)cc1. The molecule has 1 aliphatic rings. The van der Waals surface area contributed by atoms with Crippen LogP contribution >= 0.6 is 0 Å². The Labute approximate surface area is 165 Å². The van der Waals surface area contributed by atoms with Gasteiger partial charge in [-0.3, -0.25) is 9.59 Å². The summed E-state index contributed by atoms with van der Waals surface area (Å²) in [5, 5.41) is 2.88. The van der Waals surface area contributed by atoms with Gasteiger partial charge in [-0.25, -0.2) is 0 Å². The molecule has 6 nitrogen and oxygen atoms in total. The van der Waals surface area contributed by atoms with Gasteiger partial charge in [-0.2, -0.15) is 0 Å². The quantitative estimate of drug-likeness (QED) is 0.799. The fourth-order valence-corrected chi connectivity index (χ4v) is 3.18. The van der Waals surface area contributed by atoms with Crippen molar-refractivity contribution in [3.63, 3.8) is 0 Å². The lowest BCUT2D eigenvalue weighted by Gasteiger charge is -2.17. The van der Waals surface area contributed by atoms with Crippen LogP contribution in [0.1, 0.15) is 31.7 Å². The highest BCUT2D eigenvalue weighted by molar-refractivity contribution is 5.97. The van der Waals surface area contributed by atoms with E-state index in [9.17, 15) is 9.59 Å². The average molecular weight is 382 g/mol. The molecule has 0 saturated carbocycles. The van der Waals surface area contributed by atoms with E-state index in [0.717, 1.165) is 11.4 Å². The van der Waals surface area contributed by atoms with E-state index >= 15 is 0 Å². The van der Waals surface area contributed by atoms with E-state index in [1.165, 1.54) is 5.56 Å². The normalized spacial score (nSPS) is 16.4. The molecule has 0 unspecified atom stereocenters. The molecule has 2 aromatic rings. The molecule has 0 aromatic heterocycles. The van der Waals surface area contributed by atoms with Crippen molar-refractivity contribution < 1.29 is 19.1 Å². The third kappa shape index (κ3) is 4.82. The molecule has 0 spiro atoms. The summed E-state index contributed by atoms with van der Waals surface area (Å²) in [5.41, 5.74) is 2.02. The first kappa shape index (κ1) is 19.7. The second kappa shape index (κ2) is 8.78. The number of anilines is 1. The molecular formula is C22H26N2O4. The maximum Gasteiger partial charge on any atom is 0.258 e. The van der Waals surface area contributed by atoms with Crippen LogP contribution in [0, 0.1) is 0 Å². The third-order valence-corrected chi connectivity index (χ3v) is 4.79. The van der Waals surface area contributed by atoms with Crippen LogP contribution in [0.4, 0.5) is 5.69 Å². The van der Waals surface area contributed by atoms with Crippen LogP contribution in [-0.2, 0) is 9.59 Å². The number of amides is 2. The molecule has 3 rings (SSSR count). The number of carbonyl (C=O) groups is 2. The van der Waals surface area contributed by atoms with Crippen molar-refractivity contribution in [1.82, 2.24) is 5.32 Å². The molecule has 28 heavy (non-hydrogen) atoms. The average Bonchev–Trinajstić information content (AvgIpc) is 3.06. The Hall–Kier alpha value is -3.02. The zero-order valence-electron chi connectivity index (χ0n) is 16.5. The minimum atomic E-state index is -0.234. The molecule has 2 amide bonds. The molecule has 1 heterocycles. The molecule has 1 fully saturated rings. The Morgan fingerprint density at radius 1 is 1.11 bits per heavy atom. The summed E-state index contributed by atoms with van der Waals surface area (Å²) in [6, 6.07) is 14.8.